The first-order valence-corrected chi connectivity index (χ1v) is 27.1. The van der Waals surface area contributed by atoms with Gasteiger partial charge in [-0.2, -0.15) is 0 Å². The zero-order chi connectivity index (χ0) is 57.8. The molecule has 5 aliphatic heterocycles. The van der Waals surface area contributed by atoms with Gasteiger partial charge in [-0.25, -0.2) is 14.5 Å². The number of fused-ring (bicyclic) bond motifs is 4. The number of hydrogen-bond donors (Lipinski definition) is 2. The fourth-order valence-corrected chi connectivity index (χ4v) is 12.1. The number of ether oxygens (including phenoxy) is 7. The summed E-state index contributed by atoms with van der Waals surface area (Å²) in [4.78, 5) is 110. The third kappa shape index (κ3) is 10.5. The number of rotatable bonds is 15. The summed E-state index contributed by atoms with van der Waals surface area (Å²) in [6, 6.07) is 29.9. The molecule has 10 rings (SSSR count). The van der Waals surface area contributed by atoms with Crippen molar-refractivity contribution in [3.05, 3.63) is 155 Å². The Bertz CT molecular complexity index is 3290. The fraction of sp³-hybridized carbons (Fsp3) is 0.371. The van der Waals surface area contributed by atoms with Crippen molar-refractivity contribution in [2.75, 3.05) is 72.4 Å². The second-order valence-electron chi connectivity index (χ2n) is 20.9. The molecule has 5 aliphatic rings. The summed E-state index contributed by atoms with van der Waals surface area (Å²) in [5, 5.41) is 12.5. The third-order valence-electron chi connectivity index (χ3n) is 15.9. The SMILES string of the molecule is COC(=O)C(CC#Cc1ccc2c(c1)[C@]1(C(=O)N2C(=O)N[C@H](C(=O)OC)C(C)C)[C@H](C(=O)N2CCN(Cc3ccc4c(c3)OCO4)CC2)[C@H]2C(=O)O[C@H](c3ccccc3)[C@H](c3ccccc3)N2[C@@H]1c1ccc(OCCO)cc1)C(=O)OC. The summed E-state index contributed by atoms with van der Waals surface area (Å²) in [6.07, 6.45) is -1.33. The Hall–Kier alpha value is -8.77. The van der Waals surface area contributed by atoms with E-state index in [-0.39, 0.29) is 56.3 Å². The van der Waals surface area contributed by atoms with Crippen LogP contribution >= 0.6 is 0 Å². The van der Waals surface area contributed by atoms with Gasteiger partial charge in [0.15, 0.2) is 17.4 Å². The standard InChI is InChI=1S/C62H63N5O15/c1-37(2)50(58(72)78-5)63-61(75)66-46-25-19-38(13-12-18-44(56(70)76-3)57(71)77-4)33-45(46)62(60(66)74)49(55(69)65-29-27-64(28-30-65)35-39-20-26-47-48(34-39)81-36-80-47)52-59(73)82-53(41-16-10-7-11-17-41)51(40-14-8-6-9-15-40)67(52)54(62)42-21-23-43(24-22-42)79-32-31-68/h6-11,14-17,19-26,33-34,37,44,49-54,68H,18,27-32,35-36H2,1-5H3,(H,63,75)/t49-,50-,51-,52-,53+,54+,62-/m0/s1. The Morgan fingerprint density at radius 3 is 2.05 bits per heavy atom. The molecule has 0 saturated carbocycles. The van der Waals surface area contributed by atoms with Crippen molar-refractivity contribution in [2.45, 2.75) is 62.5 Å². The molecule has 7 atom stereocenters. The molecule has 1 spiro atoms. The third-order valence-corrected chi connectivity index (χ3v) is 15.9. The van der Waals surface area contributed by atoms with E-state index in [9.17, 15) is 19.5 Å². The Labute approximate surface area is 474 Å². The Kier molecular flexibility index (Phi) is 16.6. The average molecular weight is 1120 g/mol. The van der Waals surface area contributed by atoms with Crippen LogP contribution in [0, 0.1) is 29.6 Å². The number of aliphatic hydroxyl groups is 1. The van der Waals surface area contributed by atoms with Gasteiger partial charge in [-0.15, -0.1) is 0 Å². The quantitative estimate of drug-likeness (QED) is 0.0578. The summed E-state index contributed by atoms with van der Waals surface area (Å²) < 4.78 is 38.6. The number of carbonyl (C=O) groups excluding carboxylic acids is 7. The Morgan fingerprint density at radius 1 is 0.744 bits per heavy atom. The van der Waals surface area contributed by atoms with E-state index in [0.29, 0.717) is 53.6 Å². The molecule has 5 heterocycles. The van der Waals surface area contributed by atoms with Crippen LogP contribution in [0.1, 0.15) is 71.8 Å². The van der Waals surface area contributed by atoms with Gasteiger partial charge in [-0.1, -0.05) is 105 Å². The molecule has 0 aliphatic carbocycles. The summed E-state index contributed by atoms with van der Waals surface area (Å²) in [6.45, 7) is 4.95. The van der Waals surface area contributed by atoms with Crippen molar-refractivity contribution in [1.82, 2.24) is 20.0 Å². The molecule has 20 nitrogen and oxygen atoms in total. The number of esters is 4. The van der Waals surface area contributed by atoms with Gasteiger partial charge in [-0.05, 0) is 76.2 Å². The first-order chi connectivity index (χ1) is 39.7. The molecule has 0 aromatic heterocycles. The van der Waals surface area contributed by atoms with Gasteiger partial charge in [0.05, 0.1) is 51.6 Å². The monoisotopic (exact) mass is 1120 g/mol. The molecule has 3 fully saturated rings. The molecule has 0 unspecified atom stereocenters. The maximum atomic E-state index is 17.0. The normalized spacial score (nSPS) is 22.2. The number of methoxy groups -OCH3 is 3. The van der Waals surface area contributed by atoms with E-state index in [1.807, 2.05) is 83.8 Å². The van der Waals surface area contributed by atoms with Gasteiger partial charge < -0.3 is 48.5 Å². The van der Waals surface area contributed by atoms with Gasteiger partial charge in [0, 0.05) is 44.7 Å². The van der Waals surface area contributed by atoms with Crippen molar-refractivity contribution >= 4 is 47.4 Å². The zero-order valence-corrected chi connectivity index (χ0v) is 46.0. The second kappa shape index (κ2) is 24.1. The Morgan fingerprint density at radius 2 is 1.40 bits per heavy atom. The van der Waals surface area contributed by atoms with Gasteiger partial charge >= 0.3 is 29.9 Å². The predicted molar refractivity (Wildman–Crippen MR) is 294 cm³/mol. The van der Waals surface area contributed by atoms with Crippen LogP contribution in [-0.2, 0) is 59.7 Å². The minimum absolute atomic E-state index is 0.0230. The van der Waals surface area contributed by atoms with Crippen LogP contribution in [-0.4, -0.2) is 141 Å². The summed E-state index contributed by atoms with van der Waals surface area (Å²) in [5.41, 5.74) is 0.953. The molecule has 0 radical (unpaired) electrons. The van der Waals surface area contributed by atoms with Gasteiger partial charge in [-0.3, -0.25) is 33.8 Å². The first-order valence-electron chi connectivity index (χ1n) is 27.1. The number of carbonyl (C=O) groups is 7. The molecule has 5 aromatic rings. The van der Waals surface area contributed by atoms with Crippen molar-refractivity contribution in [1.29, 1.82) is 0 Å². The van der Waals surface area contributed by atoms with Crippen LogP contribution < -0.4 is 24.4 Å². The number of nitrogens with zero attached hydrogens (tertiary/aromatic N) is 4. The fourth-order valence-electron chi connectivity index (χ4n) is 12.1. The van der Waals surface area contributed by atoms with E-state index in [1.165, 1.54) is 13.2 Å². The van der Waals surface area contributed by atoms with Gasteiger partial charge in [0.1, 0.15) is 36.0 Å². The number of imide groups is 1. The van der Waals surface area contributed by atoms with E-state index in [4.69, 9.17) is 33.2 Å². The van der Waals surface area contributed by atoms with Crippen LogP contribution in [0.15, 0.2) is 121 Å². The number of hydrogen-bond acceptors (Lipinski definition) is 17. The highest BCUT2D eigenvalue weighted by atomic mass is 16.7. The number of morpholine rings is 1. The van der Waals surface area contributed by atoms with E-state index in [1.54, 1.807) is 55.1 Å². The smallest absolute Gasteiger partial charge is 0.329 e. The van der Waals surface area contributed by atoms with E-state index in [2.05, 4.69) is 22.1 Å². The summed E-state index contributed by atoms with van der Waals surface area (Å²) in [5.74, 6) is -0.651. The molecule has 4 amide bonds. The maximum absolute atomic E-state index is 17.0. The lowest BCUT2D eigenvalue weighted by Crippen LogP contribution is -2.59. The number of cyclic esters (lactones) is 1. The highest BCUT2D eigenvalue weighted by molar-refractivity contribution is 6.25. The lowest BCUT2D eigenvalue weighted by atomic mass is 9.64. The van der Waals surface area contributed by atoms with E-state index >= 15 is 19.2 Å². The molecule has 426 valence electrons. The summed E-state index contributed by atoms with van der Waals surface area (Å²) in [7, 11) is 3.47. The first kappa shape index (κ1) is 56.5. The maximum Gasteiger partial charge on any atom is 0.329 e. The Balaban J connectivity index is 1.20. The molecule has 5 aromatic carbocycles. The molecule has 82 heavy (non-hydrogen) atoms. The molecule has 2 N–H and O–H groups in total. The lowest BCUT2D eigenvalue weighted by Gasteiger charge is -2.46. The van der Waals surface area contributed by atoms with Crippen molar-refractivity contribution in [3.8, 4) is 29.1 Å². The van der Waals surface area contributed by atoms with E-state index in [0.717, 1.165) is 24.7 Å². The predicted octanol–water partition coefficient (Wildman–Crippen LogP) is 5.41. The van der Waals surface area contributed by atoms with Crippen LogP contribution in [0.25, 0.3) is 0 Å². The number of urea groups is 1. The number of nitrogens with one attached hydrogen (secondary N) is 1. The minimum atomic E-state index is -2.21. The van der Waals surface area contributed by atoms with Crippen LogP contribution in [0.2, 0.25) is 0 Å². The van der Waals surface area contributed by atoms with Gasteiger partial charge in [0.2, 0.25) is 18.6 Å². The average Bonchev–Trinajstić information content (AvgIpc) is 1.70. The number of anilines is 1. The van der Waals surface area contributed by atoms with Crippen molar-refractivity contribution in [2.24, 2.45) is 17.8 Å². The zero-order valence-electron chi connectivity index (χ0n) is 46.0. The molecule has 0 bridgehead atoms. The van der Waals surface area contributed by atoms with Crippen molar-refractivity contribution < 1.29 is 71.8 Å². The van der Waals surface area contributed by atoms with Crippen LogP contribution in [0.4, 0.5) is 10.5 Å². The number of aliphatic hydroxyl groups excluding tert-OH is 1. The molecular formula is C62H63N5O15. The highest BCUT2D eigenvalue weighted by Crippen LogP contribution is 2.66. The van der Waals surface area contributed by atoms with Crippen LogP contribution in [0.3, 0.4) is 0 Å². The molecular weight excluding hydrogens is 1050 g/mol. The number of benzene rings is 5. The second-order valence-corrected chi connectivity index (χ2v) is 20.9. The highest BCUT2D eigenvalue weighted by Gasteiger charge is 2.76. The molecule has 20 heteroatoms. The number of amides is 4. The van der Waals surface area contributed by atoms with E-state index < -0.39 is 95.2 Å². The topological polar surface area (TPSA) is 229 Å². The lowest BCUT2D eigenvalue weighted by molar-refractivity contribution is -0.179. The summed E-state index contributed by atoms with van der Waals surface area (Å²) >= 11 is 0. The minimum Gasteiger partial charge on any atom is -0.491 e. The van der Waals surface area contributed by atoms with Crippen LogP contribution in [0.5, 0.6) is 17.2 Å². The van der Waals surface area contributed by atoms with Crippen molar-refractivity contribution in [3.63, 3.8) is 0 Å². The largest absolute Gasteiger partial charge is 0.491 e. The molecule has 3 saturated heterocycles. The van der Waals surface area contributed by atoms with Gasteiger partial charge in [0.25, 0.3) is 0 Å². The number of piperazine rings is 1.